The Morgan fingerprint density at radius 3 is 2.28 bits per heavy atom. The quantitative estimate of drug-likeness (QED) is 0.578. The van der Waals surface area contributed by atoms with Crippen LogP contribution < -0.4 is 15.5 Å². The summed E-state index contributed by atoms with van der Waals surface area (Å²) < 4.78 is 0. The van der Waals surface area contributed by atoms with Gasteiger partial charge in [-0.25, -0.2) is 9.97 Å². The molecule has 0 saturated carbocycles. The zero-order valence-electron chi connectivity index (χ0n) is 16.9. The molecule has 0 bridgehead atoms. The third-order valence-electron chi connectivity index (χ3n) is 4.69. The minimum absolute atomic E-state index is 0.219. The zero-order valence-corrected chi connectivity index (χ0v) is 16.9. The molecule has 3 aromatic rings. The lowest BCUT2D eigenvalue weighted by atomic mass is 10.1. The number of nitrogens with zero attached hydrogens (tertiary/aromatic N) is 3. The van der Waals surface area contributed by atoms with Crippen molar-refractivity contribution in [2.45, 2.75) is 20.3 Å². The van der Waals surface area contributed by atoms with Crippen LogP contribution in [0.2, 0.25) is 0 Å². The molecule has 0 saturated heterocycles. The van der Waals surface area contributed by atoms with E-state index < -0.39 is 0 Å². The predicted octanol–water partition coefficient (Wildman–Crippen LogP) is 4.04. The molecule has 2 aromatic carbocycles. The summed E-state index contributed by atoms with van der Waals surface area (Å²) in [6, 6.07) is 18.2. The molecular weight excluding hydrogens is 362 g/mol. The Bertz CT molecular complexity index is 891. The number of nitrogens with one attached hydrogen (secondary N) is 2. The van der Waals surface area contributed by atoms with Crippen LogP contribution in [-0.2, 0) is 6.42 Å². The van der Waals surface area contributed by atoms with Crippen molar-refractivity contribution < 1.29 is 4.79 Å². The Balaban J connectivity index is 1.52. The van der Waals surface area contributed by atoms with Crippen molar-refractivity contribution in [3.05, 3.63) is 78.2 Å². The molecule has 0 spiro atoms. The minimum Gasteiger partial charge on any atom is -0.372 e. The number of hydrogen-bond acceptors (Lipinski definition) is 5. The van der Waals surface area contributed by atoms with Gasteiger partial charge < -0.3 is 15.5 Å². The average Bonchev–Trinajstić information content (AvgIpc) is 2.77. The van der Waals surface area contributed by atoms with Crippen molar-refractivity contribution in [3.63, 3.8) is 0 Å². The summed E-state index contributed by atoms with van der Waals surface area (Å²) in [4.78, 5) is 23.0. The lowest BCUT2D eigenvalue weighted by Gasteiger charge is -2.21. The zero-order chi connectivity index (χ0) is 20.5. The molecule has 0 fully saturated rings. The van der Waals surface area contributed by atoms with E-state index in [1.54, 1.807) is 6.20 Å². The van der Waals surface area contributed by atoms with Crippen LogP contribution in [0.3, 0.4) is 0 Å². The van der Waals surface area contributed by atoms with Crippen LogP contribution in [0.1, 0.15) is 29.9 Å². The Labute approximate surface area is 172 Å². The highest BCUT2D eigenvalue weighted by atomic mass is 16.1. The van der Waals surface area contributed by atoms with Gasteiger partial charge in [-0.1, -0.05) is 30.3 Å². The van der Waals surface area contributed by atoms with Crippen molar-refractivity contribution in [3.8, 4) is 0 Å². The molecule has 3 rings (SSSR count). The number of aromatic nitrogens is 2. The van der Waals surface area contributed by atoms with Crippen LogP contribution >= 0.6 is 0 Å². The summed E-state index contributed by atoms with van der Waals surface area (Å²) >= 11 is 0. The summed E-state index contributed by atoms with van der Waals surface area (Å²) in [5.74, 6) is 0.380. The second kappa shape index (κ2) is 10.2. The van der Waals surface area contributed by atoms with E-state index in [0.717, 1.165) is 25.2 Å². The van der Waals surface area contributed by atoms with E-state index in [4.69, 9.17) is 0 Å². The molecule has 0 unspecified atom stereocenters. The van der Waals surface area contributed by atoms with Crippen LogP contribution in [0.15, 0.2) is 67.0 Å². The van der Waals surface area contributed by atoms with E-state index in [1.165, 1.54) is 17.4 Å². The molecule has 1 heterocycles. The van der Waals surface area contributed by atoms with E-state index >= 15 is 0 Å². The summed E-state index contributed by atoms with van der Waals surface area (Å²) in [6.45, 7) is 6.80. The first-order chi connectivity index (χ1) is 14.2. The fourth-order valence-electron chi connectivity index (χ4n) is 3.06. The van der Waals surface area contributed by atoms with Crippen LogP contribution in [0.25, 0.3) is 0 Å². The van der Waals surface area contributed by atoms with Gasteiger partial charge in [-0.2, -0.15) is 0 Å². The molecule has 1 amide bonds. The second-order valence-corrected chi connectivity index (χ2v) is 6.62. The van der Waals surface area contributed by atoms with Gasteiger partial charge in [-0.3, -0.25) is 4.79 Å². The van der Waals surface area contributed by atoms with Gasteiger partial charge in [0.1, 0.15) is 11.5 Å². The van der Waals surface area contributed by atoms with Crippen molar-refractivity contribution in [2.24, 2.45) is 0 Å². The third kappa shape index (κ3) is 5.78. The van der Waals surface area contributed by atoms with Gasteiger partial charge in [0.2, 0.25) is 0 Å². The predicted molar refractivity (Wildman–Crippen MR) is 118 cm³/mol. The average molecular weight is 390 g/mol. The number of benzene rings is 2. The van der Waals surface area contributed by atoms with Gasteiger partial charge in [0.15, 0.2) is 0 Å². The van der Waals surface area contributed by atoms with Crippen molar-refractivity contribution in [1.82, 2.24) is 15.3 Å². The maximum absolute atomic E-state index is 12.2. The fraction of sp³-hybridized carbons (Fsp3) is 0.261. The number of carbonyl (C=O) groups excluding carboxylic acids is 1. The molecule has 150 valence electrons. The topological polar surface area (TPSA) is 70.2 Å². The highest BCUT2D eigenvalue weighted by Crippen LogP contribution is 2.20. The number of carbonyl (C=O) groups is 1. The first-order valence-corrected chi connectivity index (χ1v) is 9.95. The van der Waals surface area contributed by atoms with Crippen LogP contribution in [-0.4, -0.2) is 35.5 Å². The molecule has 0 radical (unpaired) electrons. The fourth-order valence-corrected chi connectivity index (χ4v) is 3.06. The molecule has 0 aliphatic rings. The number of amides is 1. The van der Waals surface area contributed by atoms with E-state index in [-0.39, 0.29) is 5.91 Å². The highest BCUT2D eigenvalue weighted by Gasteiger charge is 2.08. The summed E-state index contributed by atoms with van der Waals surface area (Å²) in [5, 5.41) is 6.09. The molecule has 0 aliphatic heterocycles. The molecule has 0 atom stereocenters. The Morgan fingerprint density at radius 1 is 0.931 bits per heavy atom. The van der Waals surface area contributed by atoms with Gasteiger partial charge in [-0.05, 0) is 50.1 Å². The Morgan fingerprint density at radius 2 is 1.66 bits per heavy atom. The van der Waals surface area contributed by atoms with E-state index in [2.05, 4.69) is 51.5 Å². The SMILES string of the molecule is CCN(CC)c1ccc(Nc2cnc(C(=O)NCCc3ccccc3)cn2)cc1. The second-order valence-electron chi connectivity index (χ2n) is 6.62. The number of anilines is 3. The molecule has 29 heavy (non-hydrogen) atoms. The van der Waals surface area contributed by atoms with Gasteiger partial charge in [0.25, 0.3) is 5.91 Å². The number of hydrogen-bond donors (Lipinski definition) is 2. The maximum atomic E-state index is 12.2. The highest BCUT2D eigenvalue weighted by molar-refractivity contribution is 5.92. The van der Waals surface area contributed by atoms with Crippen LogP contribution in [0.5, 0.6) is 0 Å². The molecule has 6 nitrogen and oxygen atoms in total. The summed E-state index contributed by atoms with van der Waals surface area (Å²) in [7, 11) is 0. The van der Waals surface area contributed by atoms with E-state index in [0.29, 0.717) is 18.1 Å². The third-order valence-corrected chi connectivity index (χ3v) is 4.69. The minimum atomic E-state index is -0.219. The van der Waals surface area contributed by atoms with Crippen LogP contribution in [0, 0.1) is 0 Å². The smallest absolute Gasteiger partial charge is 0.271 e. The van der Waals surface area contributed by atoms with Gasteiger partial charge in [0.05, 0.1) is 12.4 Å². The van der Waals surface area contributed by atoms with Gasteiger partial charge >= 0.3 is 0 Å². The van der Waals surface area contributed by atoms with Gasteiger partial charge in [-0.15, -0.1) is 0 Å². The maximum Gasteiger partial charge on any atom is 0.271 e. The normalized spacial score (nSPS) is 10.4. The molecule has 0 aliphatic carbocycles. The monoisotopic (exact) mass is 389 g/mol. The molecule has 6 heteroatoms. The lowest BCUT2D eigenvalue weighted by molar-refractivity contribution is 0.0949. The summed E-state index contributed by atoms with van der Waals surface area (Å²) in [5.41, 5.74) is 3.61. The number of rotatable bonds is 9. The van der Waals surface area contributed by atoms with Crippen molar-refractivity contribution in [2.75, 3.05) is 29.9 Å². The first-order valence-electron chi connectivity index (χ1n) is 9.95. The standard InChI is InChI=1S/C23H27N5O/c1-3-28(4-2)20-12-10-19(11-13-20)27-22-17-25-21(16-26-22)23(29)24-15-14-18-8-6-5-7-9-18/h5-13,16-17H,3-4,14-15H2,1-2H3,(H,24,29)(H,26,27). The van der Waals surface area contributed by atoms with E-state index in [9.17, 15) is 4.79 Å². The van der Waals surface area contributed by atoms with Crippen molar-refractivity contribution >= 4 is 23.1 Å². The Kier molecular flexibility index (Phi) is 7.16. The largest absolute Gasteiger partial charge is 0.372 e. The molecule has 1 aromatic heterocycles. The van der Waals surface area contributed by atoms with Crippen molar-refractivity contribution in [1.29, 1.82) is 0 Å². The van der Waals surface area contributed by atoms with E-state index in [1.807, 2.05) is 42.5 Å². The van der Waals surface area contributed by atoms with Gasteiger partial charge in [0, 0.05) is 31.0 Å². The van der Waals surface area contributed by atoms with Crippen LogP contribution in [0.4, 0.5) is 17.2 Å². The molecular formula is C23H27N5O. The Hall–Kier alpha value is -3.41. The first kappa shape index (κ1) is 20.3. The molecule has 2 N–H and O–H groups in total. The lowest BCUT2D eigenvalue weighted by Crippen LogP contribution is -2.26. The summed E-state index contributed by atoms with van der Waals surface area (Å²) in [6.07, 6.45) is 3.85.